The van der Waals surface area contributed by atoms with E-state index < -0.39 is 0 Å². The topological polar surface area (TPSA) is 85.8 Å². The third-order valence-corrected chi connectivity index (χ3v) is 6.75. The SMILES string of the molecule is CCOC(=O)C1CCN(c2nc(NCc3ccc(OC)c(OC)c3)c3cc(C)sc3n2)CC1. The first-order valence-electron chi connectivity index (χ1n) is 11.2. The number of hydrogen-bond donors (Lipinski definition) is 1. The van der Waals surface area contributed by atoms with Gasteiger partial charge in [-0.15, -0.1) is 11.3 Å². The molecule has 1 saturated heterocycles. The molecule has 0 radical (unpaired) electrons. The van der Waals surface area contributed by atoms with Gasteiger partial charge in [-0.05, 0) is 50.5 Å². The van der Waals surface area contributed by atoms with E-state index in [4.69, 9.17) is 24.2 Å². The molecule has 3 aromatic rings. The van der Waals surface area contributed by atoms with Crippen molar-refractivity contribution in [3.63, 3.8) is 0 Å². The van der Waals surface area contributed by atoms with Gasteiger partial charge in [0, 0.05) is 24.5 Å². The van der Waals surface area contributed by atoms with Crippen molar-refractivity contribution >= 4 is 39.3 Å². The predicted molar refractivity (Wildman–Crippen MR) is 131 cm³/mol. The highest BCUT2D eigenvalue weighted by atomic mass is 32.1. The summed E-state index contributed by atoms with van der Waals surface area (Å²) in [5, 5.41) is 4.50. The smallest absolute Gasteiger partial charge is 0.309 e. The van der Waals surface area contributed by atoms with Crippen LogP contribution < -0.4 is 19.7 Å². The van der Waals surface area contributed by atoms with Crippen LogP contribution in [0.1, 0.15) is 30.2 Å². The molecule has 1 aromatic carbocycles. The van der Waals surface area contributed by atoms with E-state index in [0.717, 1.165) is 47.5 Å². The minimum absolute atomic E-state index is 0.0449. The van der Waals surface area contributed by atoms with Gasteiger partial charge in [0.25, 0.3) is 0 Å². The number of nitrogens with one attached hydrogen (secondary N) is 1. The van der Waals surface area contributed by atoms with Gasteiger partial charge in [0.15, 0.2) is 11.5 Å². The lowest BCUT2D eigenvalue weighted by molar-refractivity contribution is -0.148. The maximum atomic E-state index is 12.1. The summed E-state index contributed by atoms with van der Waals surface area (Å²) >= 11 is 1.66. The van der Waals surface area contributed by atoms with Crippen LogP contribution in [0.25, 0.3) is 10.2 Å². The molecule has 1 aliphatic heterocycles. The molecule has 0 aliphatic carbocycles. The van der Waals surface area contributed by atoms with E-state index in [9.17, 15) is 4.79 Å². The lowest BCUT2D eigenvalue weighted by atomic mass is 9.97. The summed E-state index contributed by atoms with van der Waals surface area (Å²) in [7, 11) is 3.26. The van der Waals surface area contributed by atoms with Crippen LogP contribution in [0.15, 0.2) is 24.3 Å². The van der Waals surface area contributed by atoms with Gasteiger partial charge in [-0.1, -0.05) is 6.07 Å². The fourth-order valence-corrected chi connectivity index (χ4v) is 4.93. The first kappa shape index (κ1) is 23.1. The van der Waals surface area contributed by atoms with E-state index in [1.54, 1.807) is 25.6 Å². The number of hydrogen-bond acceptors (Lipinski definition) is 9. The number of thiophene rings is 1. The molecule has 4 rings (SSSR count). The second-order valence-corrected chi connectivity index (χ2v) is 9.24. The standard InChI is InChI=1S/C24H30N4O4S/c1-5-32-23(29)17-8-10-28(11-9-17)24-26-21(18-12-15(2)33-22(18)27-24)25-14-16-6-7-19(30-3)20(13-16)31-4/h6-7,12-13,17H,5,8-11,14H2,1-4H3,(H,25,26,27). The number of piperidine rings is 1. The predicted octanol–water partition coefficient (Wildman–Crippen LogP) is 4.41. The number of carbonyl (C=O) groups excluding carboxylic acids is 1. The first-order valence-corrected chi connectivity index (χ1v) is 12.0. The van der Waals surface area contributed by atoms with Crippen LogP contribution >= 0.6 is 11.3 Å². The molecule has 9 heteroatoms. The largest absolute Gasteiger partial charge is 0.493 e. The van der Waals surface area contributed by atoms with E-state index in [-0.39, 0.29) is 11.9 Å². The molecule has 176 valence electrons. The van der Waals surface area contributed by atoms with Crippen molar-refractivity contribution in [2.24, 2.45) is 5.92 Å². The monoisotopic (exact) mass is 470 g/mol. The first-order chi connectivity index (χ1) is 16.0. The normalized spacial score (nSPS) is 14.4. The number of carbonyl (C=O) groups is 1. The number of methoxy groups -OCH3 is 2. The van der Waals surface area contributed by atoms with Gasteiger partial charge >= 0.3 is 5.97 Å². The summed E-state index contributed by atoms with van der Waals surface area (Å²) in [4.78, 5) is 26.1. The number of nitrogens with zero attached hydrogens (tertiary/aromatic N) is 3. The lowest BCUT2D eigenvalue weighted by Gasteiger charge is -2.31. The number of benzene rings is 1. The molecule has 2 aromatic heterocycles. The Balaban J connectivity index is 1.53. The molecule has 0 unspecified atom stereocenters. The Morgan fingerprint density at radius 2 is 1.91 bits per heavy atom. The molecule has 3 heterocycles. The van der Waals surface area contributed by atoms with Gasteiger partial charge < -0.3 is 24.4 Å². The molecule has 0 bridgehead atoms. The second-order valence-electron chi connectivity index (χ2n) is 8.00. The highest BCUT2D eigenvalue weighted by Crippen LogP contribution is 2.33. The molecule has 0 atom stereocenters. The van der Waals surface area contributed by atoms with Gasteiger partial charge in [0.05, 0.1) is 32.1 Å². The quantitative estimate of drug-likeness (QED) is 0.485. The van der Waals surface area contributed by atoms with Crippen LogP contribution in [0.5, 0.6) is 11.5 Å². The minimum Gasteiger partial charge on any atom is -0.493 e. The number of anilines is 2. The Kier molecular flexibility index (Phi) is 7.17. The third-order valence-electron chi connectivity index (χ3n) is 5.81. The summed E-state index contributed by atoms with van der Waals surface area (Å²) in [6.45, 7) is 6.39. The van der Waals surface area contributed by atoms with Crippen molar-refractivity contribution in [3.8, 4) is 11.5 Å². The molecule has 1 fully saturated rings. The zero-order valence-corrected chi connectivity index (χ0v) is 20.3. The third kappa shape index (κ3) is 5.13. The Morgan fingerprint density at radius 1 is 1.15 bits per heavy atom. The highest BCUT2D eigenvalue weighted by Gasteiger charge is 2.27. The minimum atomic E-state index is -0.0975. The summed E-state index contributed by atoms with van der Waals surface area (Å²) in [5.74, 6) is 2.76. The van der Waals surface area contributed by atoms with E-state index in [2.05, 4.69) is 23.2 Å². The molecular formula is C24H30N4O4S. The number of rotatable bonds is 8. The lowest BCUT2D eigenvalue weighted by Crippen LogP contribution is -2.38. The van der Waals surface area contributed by atoms with Crippen molar-refractivity contribution in [2.75, 3.05) is 44.1 Å². The van der Waals surface area contributed by atoms with Gasteiger partial charge in [-0.25, -0.2) is 4.98 Å². The summed E-state index contributed by atoms with van der Waals surface area (Å²) in [6.07, 6.45) is 1.50. The molecule has 0 saturated carbocycles. The van der Waals surface area contributed by atoms with E-state index >= 15 is 0 Å². The van der Waals surface area contributed by atoms with E-state index in [1.165, 1.54) is 4.88 Å². The number of esters is 1. The van der Waals surface area contributed by atoms with Crippen LogP contribution in [-0.4, -0.2) is 49.9 Å². The molecular weight excluding hydrogens is 440 g/mol. The van der Waals surface area contributed by atoms with Crippen LogP contribution in [0.4, 0.5) is 11.8 Å². The van der Waals surface area contributed by atoms with Gasteiger partial charge in [0.1, 0.15) is 10.6 Å². The molecule has 8 nitrogen and oxygen atoms in total. The Hall–Kier alpha value is -3.07. The molecule has 1 aliphatic rings. The summed E-state index contributed by atoms with van der Waals surface area (Å²) in [6, 6.07) is 7.99. The highest BCUT2D eigenvalue weighted by molar-refractivity contribution is 7.18. The Morgan fingerprint density at radius 3 is 2.61 bits per heavy atom. The molecule has 0 amide bonds. The van der Waals surface area contributed by atoms with E-state index in [1.807, 2.05) is 25.1 Å². The molecule has 1 N–H and O–H groups in total. The van der Waals surface area contributed by atoms with Crippen molar-refractivity contribution in [2.45, 2.75) is 33.2 Å². The van der Waals surface area contributed by atoms with Crippen LogP contribution in [0.2, 0.25) is 0 Å². The van der Waals surface area contributed by atoms with Crippen LogP contribution in [-0.2, 0) is 16.1 Å². The van der Waals surface area contributed by atoms with Crippen molar-refractivity contribution in [1.82, 2.24) is 9.97 Å². The Labute approximate surface area is 197 Å². The maximum Gasteiger partial charge on any atom is 0.309 e. The number of aromatic nitrogens is 2. The average molecular weight is 471 g/mol. The number of aryl methyl sites for hydroxylation is 1. The van der Waals surface area contributed by atoms with Crippen LogP contribution in [0.3, 0.4) is 0 Å². The average Bonchev–Trinajstić information content (AvgIpc) is 3.22. The summed E-state index contributed by atoms with van der Waals surface area (Å²) < 4.78 is 16.0. The zero-order valence-electron chi connectivity index (χ0n) is 19.5. The fraction of sp³-hybridized carbons (Fsp3) is 0.458. The van der Waals surface area contributed by atoms with Gasteiger partial charge in [0.2, 0.25) is 5.95 Å². The molecule has 0 spiro atoms. The summed E-state index contributed by atoms with van der Waals surface area (Å²) in [5.41, 5.74) is 1.06. The van der Waals surface area contributed by atoms with Crippen molar-refractivity contribution in [1.29, 1.82) is 0 Å². The van der Waals surface area contributed by atoms with Crippen molar-refractivity contribution < 1.29 is 19.0 Å². The van der Waals surface area contributed by atoms with Gasteiger partial charge in [-0.3, -0.25) is 4.79 Å². The Bertz CT molecular complexity index is 1130. The number of fused-ring (bicyclic) bond motifs is 1. The fourth-order valence-electron chi connectivity index (χ4n) is 4.06. The van der Waals surface area contributed by atoms with E-state index in [0.29, 0.717) is 30.6 Å². The van der Waals surface area contributed by atoms with Crippen LogP contribution in [0, 0.1) is 12.8 Å². The zero-order chi connectivity index (χ0) is 23.4. The maximum absolute atomic E-state index is 12.1. The van der Waals surface area contributed by atoms with Gasteiger partial charge in [-0.2, -0.15) is 4.98 Å². The van der Waals surface area contributed by atoms with Crippen molar-refractivity contribution in [3.05, 3.63) is 34.7 Å². The second kappa shape index (κ2) is 10.2. The number of ether oxygens (including phenoxy) is 3. The molecule has 33 heavy (non-hydrogen) atoms.